The van der Waals surface area contributed by atoms with E-state index in [0.717, 1.165) is 12.8 Å². The molecular formula is C17H32N2O2. The summed E-state index contributed by atoms with van der Waals surface area (Å²) >= 11 is 0. The van der Waals surface area contributed by atoms with Crippen LogP contribution in [0, 0.1) is 0 Å². The van der Waals surface area contributed by atoms with Crippen LogP contribution in [-0.2, 0) is 9.53 Å². The first-order valence-electron chi connectivity index (χ1n) is 8.40. The summed E-state index contributed by atoms with van der Waals surface area (Å²) in [6.07, 6.45) is 10.0. The number of esters is 1. The second-order valence-corrected chi connectivity index (χ2v) is 6.36. The smallest absolute Gasteiger partial charge is 0.309 e. The Morgan fingerprint density at radius 3 is 2.00 bits per heavy atom. The minimum Gasteiger partial charge on any atom is -0.422 e. The second-order valence-electron chi connectivity index (χ2n) is 6.36. The van der Waals surface area contributed by atoms with Gasteiger partial charge in [-0.15, -0.1) is 0 Å². The number of hydrogen-bond acceptors (Lipinski definition) is 4. The van der Waals surface area contributed by atoms with Gasteiger partial charge < -0.3 is 14.5 Å². The Labute approximate surface area is 130 Å². The molecule has 0 atom stereocenters. The maximum atomic E-state index is 12.1. The van der Waals surface area contributed by atoms with E-state index in [-0.39, 0.29) is 12.3 Å². The third-order valence-corrected chi connectivity index (χ3v) is 3.83. The summed E-state index contributed by atoms with van der Waals surface area (Å²) < 4.78 is 5.72. The molecule has 4 nitrogen and oxygen atoms in total. The highest BCUT2D eigenvalue weighted by atomic mass is 16.6. The van der Waals surface area contributed by atoms with Crippen LogP contribution in [0.25, 0.3) is 0 Å². The number of ether oxygens (including phenoxy) is 1. The van der Waals surface area contributed by atoms with Crippen molar-refractivity contribution in [2.24, 2.45) is 0 Å². The fraction of sp³-hybridized carbons (Fsp3) is 0.824. The lowest BCUT2D eigenvalue weighted by Gasteiger charge is -2.36. The van der Waals surface area contributed by atoms with Crippen LogP contribution in [0.3, 0.4) is 0 Å². The maximum Gasteiger partial charge on any atom is 0.309 e. The van der Waals surface area contributed by atoms with Crippen molar-refractivity contribution in [3.05, 3.63) is 12.4 Å². The Morgan fingerprint density at radius 2 is 1.52 bits per heavy atom. The number of nitrogens with zero attached hydrogens (tertiary/aromatic N) is 2. The van der Waals surface area contributed by atoms with Gasteiger partial charge in [-0.25, -0.2) is 0 Å². The minimum atomic E-state index is -0.284. The molecule has 1 aliphatic rings. The Morgan fingerprint density at radius 1 is 1.00 bits per heavy atom. The molecule has 0 saturated carbocycles. The first-order chi connectivity index (χ1) is 9.97. The summed E-state index contributed by atoms with van der Waals surface area (Å²) in [5.74, 6) is -0.0866. The van der Waals surface area contributed by atoms with Crippen molar-refractivity contribution >= 4 is 5.97 Å². The fourth-order valence-electron chi connectivity index (χ4n) is 2.48. The lowest BCUT2D eigenvalue weighted by atomic mass is 10.1. The zero-order valence-corrected chi connectivity index (χ0v) is 14.3. The molecule has 4 heteroatoms. The molecule has 0 aliphatic carbocycles. The van der Waals surface area contributed by atoms with Crippen molar-refractivity contribution in [2.45, 2.75) is 91.6 Å². The minimum absolute atomic E-state index is 0.0866. The molecule has 122 valence electrons. The van der Waals surface area contributed by atoms with Crippen LogP contribution in [0.4, 0.5) is 0 Å². The van der Waals surface area contributed by atoms with Gasteiger partial charge in [0.05, 0.1) is 0 Å². The van der Waals surface area contributed by atoms with Gasteiger partial charge in [-0.1, -0.05) is 32.6 Å². The number of carbonyl (C=O) groups excluding carboxylic acids is 1. The van der Waals surface area contributed by atoms with E-state index in [1.165, 1.54) is 19.3 Å². The van der Waals surface area contributed by atoms with Gasteiger partial charge in [0.25, 0.3) is 6.35 Å². The molecule has 0 N–H and O–H groups in total. The van der Waals surface area contributed by atoms with Gasteiger partial charge in [-0.3, -0.25) is 4.79 Å². The molecule has 0 aromatic heterocycles. The molecular weight excluding hydrogens is 264 g/mol. The van der Waals surface area contributed by atoms with Gasteiger partial charge in [0, 0.05) is 30.9 Å². The monoisotopic (exact) mass is 296 g/mol. The van der Waals surface area contributed by atoms with E-state index in [2.05, 4.69) is 44.4 Å². The van der Waals surface area contributed by atoms with Gasteiger partial charge in [-0.2, -0.15) is 0 Å². The van der Waals surface area contributed by atoms with Gasteiger partial charge in [0.1, 0.15) is 0 Å². The Hall–Kier alpha value is -1.19. The largest absolute Gasteiger partial charge is 0.422 e. The van der Waals surface area contributed by atoms with Crippen molar-refractivity contribution in [1.29, 1.82) is 0 Å². The van der Waals surface area contributed by atoms with E-state index in [9.17, 15) is 4.79 Å². The predicted octanol–water partition coefficient (Wildman–Crippen LogP) is 4.08. The van der Waals surface area contributed by atoms with Crippen molar-refractivity contribution < 1.29 is 9.53 Å². The molecule has 1 heterocycles. The standard InChI is InChI=1S/C17H32N2O2/c1-6-7-8-9-10-11-16(20)21-17-18(14(2)3)12-13-19(17)15(4)5/h12-15,17H,6-11H2,1-5H3. The highest BCUT2D eigenvalue weighted by Crippen LogP contribution is 2.23. The first-order valence-corrected chi connectivity index (χ1v) is 8.40. The Kier molecular flexibility index (Phi) is 7.62. The molecule has 21 heavy (non-hydrogen) atoms. The molecule has 0 amide bonds. The van der Waals surface area contributed by atoms with E-state index >= 15 is 0 Å². The van der Waals surface area contributed by atoms with Gasteiger partial charge in [-0.05, 0) is 34.1 Å². The van der Waals surface area contributed by atoms with Crippen LogP contribution >= 0.6 is 0 Å². The average molecular weight is 296 g/mol. The Balaban J connectivity index is 2.43. The topological polar surface area (TPSA) is 32.8 Å². The quantitative estimate of drug-likeness (QED) is 0.474. The maximum absolute atomic E-state index is 12.1. The van der Waals surface area contributed by atoms with Crippen molar-refractivity contribution in [2.75, 3.05) is 0 Å². The lowest BCUT2D eigenvalue weighted by molar-refractivity contribution is -0.173. The molecule has 0 saturated heterocycles. The normalized spacial score (nSPS) is 15.6. The van der Waals surface area contributed by atoms with Crippen LogP contribution in [0.2, 0.25) is 0 Å². The van der Waals surface area contributed by atoms with Crippen molar-refractivity contribution in [1.82, 2.24) is 9.80 Å². The van der Waals surface area contributed by atoms with Crippen LogP contribution in [0.15, 0.2) is 12.4 Å². The summed E-state index contributed by atoms with van der Waals surface area (Å²) in [6.45, 7) is 10.6. The molecule has 0 aromatic rings. The van der Waals surface area contributed by atoms with E-state index < -0.39 is 0 Å². The summed E-state index contributed by atoms with van der Waals surface area (Å²) in [5, 5.41) is 0. The van der Waals surface area contributed by atoms with Gasteiger partial charge in [0.15, 0.2) is 0 Å². The highest BCUT2D eigenvalue weighted by Gasteiger charge is 2.32. The SMILES string of the molecule is CCCCCCCC(=O)OC1N(C(C)C)C=CN1C(C)C. The Bertz CT molecular complexity index is 322. The summed E-state index contributed by atoms with van der Waals surface area (Å²) in [6, 6.07) is 0.625. The van der Waals surface area contributed by atoms with Gasteiger partial charge in [0.2, 0.25) is 0 Å². The van der Waals surface area contributed by atoms with E-state index in [1.807, 2.05) is 12.4 Å². The van der Waals surface area contributed by atoms with Crippen molar-refractivity contribution in [3.8, 4) is 0 Å². The van der Waals surface area contributed by atoms with Crippen LogP contribution in [0.5, 0.6) is 0 Å². The predicted molar refractivity (Wildman–Crippen MR) is 86.3 cm³/mol. The lowest BCUT2D eigenvalue weighted by Crippen LogP contribution is -2.47. The van der Waals surface area contributed by atoms with Crippen LogP contribution < -0.4 is 0 Å². The molecule has 0 aromatic carbocycles. The van der Waals surface area contributed by atoms with E-state index in [4.69, 9.17) is 4.74 Å². The average Bonchev–Trinajstić information content (AvgIpc) is 2.82. The molecule has 1 rings (SSSR count). The molecule has 0 bridgehead atoms. The van der Waals surface area contributed by atoms with Gasteiger partial charge >= 0.3 is 5.97 Å². The number of hydrogen-bond donors (Lipinski definition) is 0. The highest BCUT2D eigenvalue weighted by molar-refractivity contribution is 5.69. The first kappa shape index (κ1) is 17.9. The van der Waals surface area contributed by atoms with Crippen LogP contribution in [-0.4, -0.2) is 34.2 Å². The zero-order chi connectivity index (χ0) is 15.8. The summed E-state index contributed by atoms with van der Waals surface area (Å²) in [5.41, 5.74) is 0. The third kappa shape index (κ3) is 5.60. The molecule has 0 unspecified atom stereocenters. The summed E-state index contributed by atoms with van der Waals surface area (Å²) in [7, 11) is 0. The summed E-state index contributed by atoms with van der Waals surface area (Å²) in [4.78, 5) is 16.2. The van der Waals surface area contributed by atoms with E-state index in [1.54, 1.807) is 0 Å². The number of rotatable bonds is 9. The molecule has 0 radical (unpaired) electrons. The van der Waals surface area contributed by atoms with Crippen LogP contribution in [0.1, 0.15) is 73.1 Å². The number of unbranched alkanes of at least 4 members (excludes halogenated alkanes) is 4. The zero-order valence-electron chi connectivity index (χ0n) is 14.3. The second kappa shape index (κ2) is 8.96. The molecule has 0 fully saturated rings. The fourth-order valence-corrected chi connectivity index (χ4v) is 2.48. The van der Waals surface area contributed by atoms with E-state index in [0.29, 0.717) is 18.5 Å². The van der Waals surface area contributed by atoms with Crippen molar-refractivity contribution in [3.63, 3.8) is 0 Å². The number of carbonyl (C=O) groups is 1. The third-order valence-electron chi connectivity index (χ3n) is 3.83. The molecule has 1 aliphatic heterocycles. The molecule has 0 spiro atoms.